The Labute approximate surface area is 95.8 Å². The van der Waals surface area contributed by atoms with Crippen LogP contribution in [0.2, 0.25) is 0 Å². The van der Waals surface area contributed by atoms with Gasteiger partial charge in [0, 0.05) is 24.5 Å². The Balaban J connectivity index is 1.82. The van der Waals surface area contributed by atoms with Crippen molar-refractivity contribution in [3.63, 3.8) is 0 Å². The van der Waals surface area contributed by atoms with E-state index >= 15 is 0 Å². The Hall–Kier alpha value is -0.880. The van der Waals surface area contributed by atoms with Crippen LogP contribution in [0.15, 0.2) is 18.5 Å². The minimum Gasteiger partial charge on any atom is -0.309 e. The van der Waals surface area contributed by atoms with Gasteiger partial charge in [-0.25, -0.2) is 8.42 Å². The summed E-state index contributed by atoms with van der Waals surface area (Å²) in [6.45, 7) is 2.82. The summed E-state index contributed by atoms with van der Waals surface area (Å²) in [6.07, 6.45) is 4.38. The van der Waals surface area contributed by atoms with Gasteiger partial charge in [0.1, 0.15) is 0 Å². The molecule has 2 atom stereocenters. The van der Waals surface area contributed by atoms with Crippen LogP contribution >= 0.6 is 0 Å². The number of sulfone groups is 1. The van der Waals surface area contributed by atoms with Gasteiger partial charge in [0.2, 0.25) is 0 Å². The van der Waals surface area contributed by atoms with E-state index in [-0.39, 0.29) is 17.8 Å². The summed E-state index contributed by atoms with van der Waals surface area (Å²) in [7, 11) is -2.79. The van der Waals surface area contributed by atoms with Crippen molar-refractivity contribution in [2.24, 2.45) is 0 Å². The number of hydrogen-bond donors (Lipinski definition) is 1. The second-order valence-electron chi connectivity index (χ2n) is 4.40. The molecule has 0 bridgehead atoms. The van der Waals surface area contributed by atoms with Crippen molar-refractivity contribution in [2.75, 3.05) is 11.5 Å². The molecular formula is C10H17N3O2S. The van der Waals surface area contributed by atoms with E-state index in [2.05, 4.69) is 10.4 Å². The van der Waals surface area contributed by atoms with Crippen molar-refractivity contribution >= 4 is 9.84 Å². The Bertz CT molecular complexity index is 427. The average molecular weight is 243 g/mol. The maximum Gasteiger partial charge on any atom is 0.151 e. The zero-order chi connectivity index (χ0) is 11.6. The molecule has 0 radical (unpaired) electrons. The lowest BCUT2D eigenvalue weighted by molar-refractivity contribution is 0.410. The van der Waals surface area contributed by atoms with Crippen LogP contribution in [0, 0.1) is 0 Å². The highest BCUT2D eigenvalue weighted by atomic mass is 32.2. The quantitative estimate of drug-likeness (QED) is 0.811. The minimum absolute atomic E-state index is 0.107. The molecule has 0 amide bonds. The van der Waals surface area contributed by atoms with Gasteiger partial charge in [-0.05, 0) is 19.4 Å². The van der Waals surface area contributed by atoms with Crippen molar-refractivity contribution in [3.8, 4) is 0 Å². The fraction of sp³-hybridized carbons (Fsp3) is 0.700. The van der Waals surface area contributed by atoms with Gasteiger partial charge in [0.25, 0.3) is 0 Å². The van der Waals surface area contributed by atoms with Crippen LogP contribution in [0.3, 0.4) is 0 Å². The first-order chi connectivity index (χ1) is 7.55. The van der Waals surface area contributed by atoms with Crippen molar-refractivity contribution in [1.29, 1.82) is 0 Å². The summed E-state index contributed by atoms with van der Waals surface area (Å²) in [6, 6.07) is 2.22. The van der Waals surface area contributed by atoms with Gasteiger partial charge in [0.15, 0.2) is 9.84 Å². The molecular weight excluding hydrogens is 226 g/mol. The summed E-state index contributed by atoms with van der Waals surface area (Å²) in [5, 5.41) is 7.45. The second kappa shape index (κ2) is 4.55. The van der Waals surface area contributed by atoms with Crippen molar-refractivity contribution < 1.29 is 8.42 Å². The van der Waals surface area contributed by atoms with Crippen molar-refractivity contribution in [2.45, 2.75) is 32.0 Å². The molecule has 90 valence electrons. The third-order valence-electron chi connectivity index (χ3n) is 2.77. The van der Waals surface area contributed by atoms with Crippen LogP contribution < -0.4 is 5.32 Å². The van der Waals surface area contributed by atoms with Gasteiger partial charge < -0.3 is 5.32 Å². The third kappa shape index (κ3) is 3.05. The smallest absolute Gasteiger partial charge is 0.151 e. The summed E-state index contributed by atoms with van der Waals surface area (Å²) >= 11 is 0. The molecule has 1 aliphatic heterocycles. The SMILES string of the molecule is CC(Cn1cccn1)NC1CCS(=O)(=O)C1. The van der Waals surface area contributed by atoms with E-state index in [1.165, 1.54) is 0 Å². The van der Waals surface area contributed by atoms with Crippen LogP contribution in [-0.2, 0) is 16.4 Å². The first-order valence-corrected chi connectivity index (χ1v) is 7.31. The monoisotopic (exact) mass is 243 g/mol. The Kier molecular flexibility index (Phi) is 3.30. The van der Waals surface area contributed by atoms with Gasteiger partial charge in [-0.3, -0.25) is 4.68 Å². The molecule has 16 heavy (non-hydrogen) atoms. The maximum absolute atomic E-state index is 11.3. The molecule has 5 nitrogen and oxygen atoms in total. The molecule has 0 aromatic carbocycles. The van der Waals surface area contributed by atoms with Crippen LogP contribution in [0.1, 0.15) is 13.3 Å². The first-order valence-electron chi connectivity index (χ1n) is 5.49. The number of hydrogen-bond acceptors (Lipinski definition) is 4. The maximum atomic E-state index is 11.3. The van der Waals surface area contributed by atoms with Crippen molar-refractivity contribution in [1.82, 2.24) is 15.1 Å². The molecule has 1 aromatic heterocycles. The van der Waals surface area contributed by atoms with E-state index in [1.807, 2.05) is 23.9 Å². The highest BCUT2D eigenvalue weighted by Crippen LogP contribution is 2.12. The van der Waals surface area contributed by atoms with Crippen LogP contribution in [0.25, 0.3) is 0 Å². The fourth-order valence-electron chi connectivity index (χ4n) is 2.07. The fourth-order valence-corrected chi connectivity index (χ4v) is 3.76. The van der Waals surface area contributed by atoms with Crippen molar-refractivity contribution in [3.05, 3.63) is 18.5 Å². The van der Waals surface area contributed by atoms with Gasteiger partial charge >= 0.3 is 0 Å². The molecule has 1 saturated heterocycles. The van der Waals surface area contributed by atoms with E-state index < -0.39 is 9.84 Å². The van der Waals surface area contributed by atoms with Crippen LogP contribution in [0.4, 0.5) is 0 Å². The Morgan fingerprint density at radius 1 is 1.62 bits per heavy atom. The molecule has 0 aliphatic carbocycles. The zero-order valence-electron chi connectivity index (χ0n) is 9.33. The van der Waals surface area contributed by atoms with Crippen LogP contribution in [0.5, 0.6) is 0 Å². The Morgan fingerprint density at radius 2 is 2.44 bits per heavy atom. The molecule has 6 heteroatoms. The van der Waals surface area contributed by atoms with E-state index in [4.69, 9.17) is 0 Å². The molecule has 2 heterocycles. The first kappa shape index (κ1) is 11.6. The summed E-state index contributed by atoms with van der Waals surface area (Å²) in [5.74, 6) is 0.593. The van der Waals surface area contributed by atoms with Gasteiger partial charge in [-0.15, -0.1) is 0 Å². The number of nitrogens with one attached hydrogen (secondary N) is 1. The summed E-state index contributed by atoms with van der Waals surface area (Å²) in [4.78, 5) is 0. The van der Waals surface area contributed by atoms with E-state index in [0.29, 0.717) is 5.75 Å². The minimum atomic E-state index is -2.79. The van der Waals surface area contributed by atoms with Gasteiger partial charge in [0.05, 0.1) is 18.1 Å². The zero-order valence-corrected chi connectivity index (χ0v) is 10.2. The normalized spacial score (nSPS) is 25.7. The van der Waals surface area contributed by atoms with E-state index in [1.54, 1.807) is 6.20 Å². The summed E-state index contributed by atoms with van der Waals surface area (Å²) in [5.41, 5.74) is 0. The predicted octanol–water partition coefficient (Wildman–Crippen LogP) is 0.0483. The Morgan fingerprint density at radius 3 is 3.00 bits per heavy atom. The summed E-state index contributed by atoms with van der Waals surface area (Å²) < 4.78 is 24.4. The molecule has 2 rings (SSSR count). The number of rotatable bonds is 4. The number of nitrogens with zero attached hydrogens (tertiary/aromatic N) is 2. The highest BCUT2D eigenvalue weighted by Gasteiger charge is 2.28. The molecule has 1 fully saturated rings. The lowest BCUT2D eigenvalue weighted by Crippen LogP contribution is -2.39. The molecule has 1 aliphatic rings. The third-order valence-corrected chi connectivity index (χ3v) is 4.54. The highest BCUT2D eigenvalue weighted by molar-refractivity contribution is 7.91. The lowest BCUT2D eigenvalue weighted by atomic mass is 10.2. The standard InChI is InChI=1S/C10H17N3O2S/c1-9(7-13-5-2-4-11-13)12-10-3-6-16(14,15)8-10/h2,4-5,9-10,12H,3,6-8H2,1H3. The number of aromatic nitrogens is 2. The second-order valence-corrected chi connectivity index (χ2v) is 6.62. The average Bonchev–Trinajstić information content (AvgIpc) is 2.76. The topological polar surface area (TPSA) is 64.0 Å². The molecule has 0 spiro atoms. The van der Waals surface area contributed by atoms with Gasteiger partial charge in [-0.1, -0.05) is 0 Å². The lowest BCUT2D eigenvalue weighted by Gasteiger charge is -2.18. The molecule has 0 saturated carbocycles. The van der Waals surface area contributed by atoms with Crippen LogP contribution in [-0.4, -0.2) is 41.8 Å². The van der Waals surface area contributed by atoms with Gasteiger partial charge in [-0.2, -0.15) is 5.10 Å². The molecule has 2 unspecified atom stereocenters. The molecule has 1 N–H and O–H groups in total. The molecule has 1 aromatic rings. The van der Waals surface area contributed by atoms with E-state index in [9.17, 15) is 8.42 Å². The van der Waals surface area contributed by atoms with E-state index in [0.717, 1.165) is 13.0 Å². The largest absolute Gasteiger partial charge is 0.309 e. The predicted molar refractivity (Wildman–Crippen MR) is 61.9 cm³/mol.